The van der Waals surface area contributed by atoms with Gasteiger partial charge in [-0.1, -0.05) is 19.9 Å². The molecule has 0 atom stereocenters. The Morgan fingerprint density at radius 3 is 2.42 bits per heavy atom. The summed E-state index contributed by atoms with van der Waals surface area (Å²) in [7, 11) is 1.76. The first-order valence-electron chi connectivity index (χ1n) is 7.19. The average Bonchev–Trinajstić information content (AvgIpc) is 2.48. The molecular formula is C15H27N3O. The van der Waals surface area contributed by atoms with Crippen molar-refractivity contribution in [2.45, 2.75) is 20.8 Å². The lowest BCUT2D eigenvalue weighted by Crippen LogP contribution is -2.47. The molecule has 1 fully saturated rings. The number of rotatable bonds is 4. The molecule has 0 aromatic carbocycles. The van der Waals surface area contributed by atoms with Crippen LogP contribution in [0.4, 0.5) is 5.82 Å². The van der Waals surface area contributed by atoms with Crippen LogP contribution in [0.5, 0.6) is 0 Å². The highest BCUT2D eigenvalue weighted by molar-refractivity contribution is 5.39. The number of ether oxygens (including phenoxy) is 1. The van der Waals surface area contributed by atoms with Gasteiger partial charge in [-0.15, -0.1) is 0 Å². The summed E-state index contributed by atoms with van der Waals surface area (Å²) >= 11 is 0. The van der Waals surface area contributed by atoms with Crippen molar-refractivity contribution < 1.29 is 4.74 Å². The molecule has 4 nitrogen and oxygen atoms in total. The van der Waals surface area contributed by atoms with E-state index in [2.05, 4.69) is 26.9 Å². The molecular weight excluding hydrogens is 238 g/mol. The molecule has 0 amide bonds. The Hall–Kier alpha value is -1.13. The van der Waals surface area contributed by atoms with Gasteiger partial charge in [-0.3, -0.25) is 4.90 Å². The van der Waals surface area contributed by atoms with Crippen LogP contribution in [0.1, 0.15) is 19.5 Å². The van der Waals surface area contributed by atoms with Crippen molar-refractivity contribution in [2.24, 2.45) is 0 Å². The molecule has 0 saturated carbocycles. The number of aromatic nitrogens is 1. The number of pyridine rings is 1. The molecule has 0 radical (unpaired) electrons. The number of nitrogens with zero attached hydrogens (tertiary/aromatic N) is 3. The molecule has 4 heteroatoms. The van der Waals surface area contributed by atoms with Crippen LogP contribution in [0.25, 0.3) is 0 Å². The van der Waals surface area contributed by atoms with Crippen LogP contribution in [0.2, 0.25) is 0 Å². The molecule has 1 saturated heterocycles. The van der Waals surface area contributed by atoms with Crippen LogP contribution >= 0.6 is 0 Å². The third-order valence-corrected chi connectivity index (χ3v) is 3.18. The zero-order valence-corrected chi connectivity index (χ0v) is 12.7. The predicted molar refractivity (Wildman–Crippen MR) is 80.9 cm³/mol. The number of anilines is 1. The molecule has 0 N–H and O–H groups in total. The van der Waals surface area contributed by atoms with E-state index < -0.39 is 0 Å². The van der Waals surface area contributed by atoms with Gasteiger partial charge in [0.1, 0.15) is 5.82 Å². The largest absolute Gasteiger partial charge is 0.383 e. The summed E-state index contributed by atoms with van der Waals surface area (Å²) < 4.78 is 5.10. The molecule has 1 aromatic heterocycles. The average molecular weight is 265 g/mol. The minimum absolute atomic E-state index is 0.822. The van der Waals surface area contributed by atoms with Crippen LogP contribution in [0.15, 0.2) is 18.2 Å². The number of hydrogen-bond donors (Lipinski definition) is 0. The van der Waals surface area contributed by atoms with Gasteiger partial charge in [0.25, 0.3) is 0 Å². The summed E-state index contributed by atoms with van der Waals surface area (Å²) in [6, 6.07) is 6.21. The van der Waals surface area contributed by atoms with Gasteiger partial charge < -0.3 is 9.64 Å². The van der Waals surface area contributed by atoms with Gasteiger partial charge in [0, 0.05) is 45.5 Å². The zero-order chi connectivity index (χ0) is 14.1. The first-order valence-corrected chi connectivity index (χ1v) is 7.19. The van der Waals surface area contributed by atoms with Gasteiger partial charge in [-0.2, -0.15) is 0 Å². The molecule has 1 aromatic rings. The minimum Gasteiger partial charge on any atom is -0.383 e. The molecule has 0 bridgehead atoms. The van der Waals surface area contributed by atoms with E-state index in [4.69, 9.17) is 4.74 Å². The maximum absolute atomic E-state index is 5.10. The number of aryl methyl sites for hydroxylation is 1. The fourth-order valence-corrected chi connectivity index (χ4v) is 2.13. The maximum Gasteiger partial charge on any atom is 0.128 e. The molecule has 2 heterocycles. The van der Waals surface area contributed by atoms with Crippen molar-refractivity contribution in [2.75, 3.05) is 51.3 Å². The van der Waals surface area contributed by atoms with E-state index in [0.717, 1.165) is 50.8 Å². The van der Waals surface area contributed by atoms with Crippen molar-refractivity contribution in [1.82, 2.24) is 9.88 Å². The summed E-state index contributed by atoms with van der Waals surface area (Å²) in [5.74, 6) is 1.11. The zero-order valence-electron chi connectivity index (χ0n) is 12.7. The first kappa shape index (κ1) is 15.9. The Labute approximate surface area is 117 Å². The van der Waals surface area contributed by atoms with Gasteiger partial charge in [0.15, 0.2) is 0 Å². The Morgan fingerprint density at radius 2 is 1.84 bits per heavy atom. The Balaban J connectivity index is 0.000000861. The second-order valence-electron chi connectivity index (χ2n) is 4.46. The molecule has 0 spiro atoms. The van der Waals surface area contributed by atoms with Crippen molar-refractivity contribution >= 4 is 5.82 Å². The molecule has 19 heavy (non-hydrogen) atoms. The number of hydrogen-bond acceptors (Lipinski definition) is 4. The Kier molecular flexibility index (Phi) is 7.45. The van der Waals surface area contributed by atoms with E-state index in [1.165, 1.54) is 0 Å². The third kappa shape index (κ3) is 5.17. The van der Waals surface area contributed by atoms with E-state index in [1.54, 1.807) is 7.11 Å². The topological polar surface area (TPSA) is 28.6 Å². The smallest absolute Gasteiger partial charge is 0.128 e. The van der Waals surface area contributed by atoms with Crippen molar-refractivity contribution in [3.05, 3.63) is 23.9 Å². The van der Waals surface area contributed by atoms with E-state index in [1.807, 2.05) is 26.8 Å². The fraction of sp³-hybridized carbons (Fsp3) is 0.667. The van der Waals surface area contributed by atoms with Crippen molar-refractivity contribution in [1.29, 1.82) is 0 Å². The highest BCUT2D eigenvalue weighted by Crippen LogP contribution is 2.13. The molecule has 108 valence electrons. The maximum atomic E-state index is 5.10. The summed E-state index contributed by atoms with van der Waals surface area (Å²) in [4.78, 5) is 9.36. The van der Waals surface area contributed by atoms with E-state index in [-0.39, 0.29) is 0 Å². The second kappa shape index (κ2) is 8.88. The summed E-state index contributed by atoms with van der Waals surface area (Å²) in [6.07, 6.45) is 0. The summed E-state index contributed by atoms with van der Waals surface area (Å²) in [5, 5.41) is 0. The predicted octanol–water partition coefficient (Wildman–Crippen LogP) is 2.18. The summed E-state index contributed by atoms with van der Waals surface area (Å²) in [5.41, 5.74) is 1.09. The van der Waals surface area contributed by atoms with Crippen LogP contribution in [0, 0.1) is 6.92 Å². The molecule has 0 aliphatic carbocycles. The highest BCUT2D eigenvalue weighted by Gasteiger charge is 2.17. The van der Waals surface area contributed by atoms with E-state index in [9.17, 15) is 0 Å². The SMILES string of the molecule is CC.COCCN1CCN(c2cccc(C)n2)CC1. The van der Waals surface area contributed by atoms with E-state index >= 15 is 0 Å². The van der Waals surface area contributed by atoms with Crippen molar-refractivity contribution in [3.8, 4) is 0 Å². The highest BCUT2D eigenvalue weighted by atomic mass is 16.5. The minimum atomic E-state index is 0.822. The second-order valence-corrected chi connectivity index (χ2v) is 4.46. The quantitative estimate of drug-likeness (QED) is 0.834. The molecule has 2 rings (SSSR count). The Bertz CT molecular complexity index is 349. The molecule has 1 aliphatic rings. The number of piperazine rings is 1. The van der Waals surface area contributed by atoms with Crippen LogP contribution in [0.3, 0.4) is 0 Å². The first-order chi connectivity index (χ1) is 9.29. The van der Waals surface area contributed by atoms with Gasteiger partial charge in [-0.25, -0.2) is 4.98 Å². The van der Waals surface area contributed by atoms with Gasteiger partial charge in [0.2, 0.25) is 0 Å². The molecule has 1 aliphatic heterocycles. The lowest BCUT2D eigenvalue weighted by atomic mass is 10.3. The van der Waals surface area contributed by atoms with Crippen LogP contribution in [-0.2, 0) is 4.74 Å². The molecule has 0 unspecified atom stereocenters. The van der Waals surface area contributed by atoms with Gasteiger partial charge in [0.05, 0.1) is 6.61 Å². The number of methoxy groups -OCH3 is 1. The summed E-state index contributed by atoms with van der Waals surface area (Å²) in [6.45, 7) is 12.2. The van der Waals surface area contributed by atoms with Crippen LogP contribution < -0.4 is 4.90 Å². The lowest BCUT2D eigenvalue weighted by Gasteiger charge is -2.35. The third-order valence-electron chi connectivity index (χ3n) is 3.18. The monoisotopic (exact) mass is 265 g/mol. The van der Waals surface area contributed by atoms with Gasteiger partial charge in [-0.05, 0) is 19.1 Å². The normalized spacial score (nSPS) is 15.9. The Morgan fingerprint density at radius 1 is 1.16 bits per heavy atom. The standard InChI is InChI=1S/C13H21N3O.C2H6/c1-12-4-3-5-13(14-12)16-8-6-15(7-9-16)10-11-17-2;1-2/h3-5H,6-11H2,1-2H3;1-2H3. The van der Waals surface area contributed by atoms with E-state index in [0.29, 0.717) is 0 Å². The fourth-order valence-electron chi connectivity index (χ4n) is 2.13. The van der Waals surface area contributed by atoms with Crippen LogP contribution in [-0.4, -0.2) is 56.3 Å². The lowest BCUT2D eigenvalue weighted by molar-refractivity contribution is 0.144. The van der Waals surface area contributed by atoms with Gasteiger partial charge >= 0.3 is 0 Å². The van der Waals surface area contributed by atoms with Crippen molar-refractivity contribution in [3.63, 3.8) is 0 Å².